The lowest BCUT2D eigenvalue weighted by molar-refractivity contribution is -0.135. The SMILES string of the molecule is O=C(O)CN(C(=O)OCC1c2ccccc2-c2ccccc21)c1ccc(Cl)cc1Cl. The Kier molecular flexibility index (Phi) is 5.66. The fraction of sp³-hybridized carbons (Fsp3) is 0.130. The van der Waals surface area contributed by atoms with Crippen LogP contribution in [0.1, 0.15) is 17.0 Å². The van der Waals surface area contributed by atoms with E-state index in [4.69, 9.17) is 27.9 Å². The smallest absolute Gasteiger partial charge is 0.414 e. The van der Waals surface area contributed by atoms with Crippen LogP contribution in [-0.4, -0.2) is 30.3 Å². The van der Waals surface area contributed by atoms with Gasteiger partial charge in [-0.15, -0.1) is 0 Å². The molecule has 0 radical (unpaired) electrons. The first-order valence-corrected chi connectivity index (χ1v) is 10.0. The summed E-state index contributed by atoms with van der Waals surface area (Å²) in [6, 6.07) is 20.4. The fourth-order valence-corrected chi connectivity index (χ4v) is 4.27. The molecular weight excluding hydrogens is 425 g/mol. The first-order chi connectivity index (χ1) is 14.5. The van der Waals surface area contributed by atoms with Crippen LogP contribution >= 0.6 is 23.2 Å². The maximum atomic E-state index is 12.8. The van der Waals surface area contributed by atoms with Gasteiger partial charge in [-0.1, -0.05) is 71.7 Å². The third-order valence-corrected chi connectivity index (χ3v) is 5.59. The van der Waals surface area contributed by atoms with Gasteiger partial charge in [0.25, 0.3) is 0 Å². The van der Waals surface area contributed by atoms with Crippen LogP contribution < -0.4 is 4.90 Å². The zero-order valence-electron chi connectivity index (χ0n) is 15.7. The summed E-state index contributed by atoms with van der Waals surface area (Å²) in [7, 11) is 0. The lowest BCUT2D eigenvalue weighted by Gasteiger charge is -2.23. The van der Waals surface area contributed by atoms with Crippen molar-refractivity contribution in [3.05, 3.63) is 87.9 Å². The molecule has 5 nitrogen and oxygen atoms in total. The average molecular weight is 442 g/mol. The summed E-state index contributed by atoms with van der Waals surface area (Å²) in [6.07, 6.45) is -0.788. The van der Waals surface area contributed by atoms with Crippen molar-refractivity contribution in [2.75, 3.05) is 18.1 Å². The maximum Gasteiger partial charge on any atom is 0.414 e. The molecule has 0 saturated heterocycles. The van der Waals surface area contributed by atoms with Crippen molar-refractivity contribution in [1.29, 1.82) is 0 Å². The summed E-state index contributed by atoms with van der Waals surface area (Å²) >= 11 is 12.1. The third kappa shape index (κ3) is 3.86. The second-order valence-electron chi connectivity index (χ2n) is 6.88. The molecule has 1 aliphatic rings. The molecule has 0 atom stereocenters. The quantitative estimate of drug-likeness (QED) is 0.540. The van der Waals surface area contributed by atoms with E-state index in [0.717, 1.165) is 27.2 Å². The van der Waals surface area contributed by atoms with Gasteiger partial charge in [0, 0.05) is 10.9 Å². The van der Waals surface area contributed by atoms with E-state index < -0.39 is 18.6 Å². The maximum absolute atomic E-state index is 12.8. The van der Waals surface area contributed by atoms with Gasteiger partial charge in [0.2, 0.25) is 0 Å². The molecule has 3 aromatic carbocycles. The largest absolute Gasteiger partial charge is 0.480 e. The molecule has 0 unspecified atom stereocenters. The topological polar surface area (TPSA) is 66.8 Å². The Morgan fingerprint density at radius 3 is 2.10 bits per heavy atom. The van der Waals surface area contributed by atoms with E-state index in [-0.39, 0.29) is 23.2 Å². The Balaban J connectivity index is 1.59. The number of anilines is 1. The van der Waals surface area contributed by atoms with E-state index in [9.17, 15) is 14.7 Å². The van der Waals surface area contributed by atoms with Crippen molar-refractivity contribution < 1.29 is 19.4 Å². The lowest BCUT2D eigenvalue weighted by atomic mass is 9.98. The van der Waals surface area contributed by atoms with Gasteiger partial charge >= 0.3 is 12.1 Å². The van der Waals surface area contributed by atoms with Gasteiger partial charge in [-0.05, 0) is 40.5 Å². The number of fused-ring (bicyclic) bond motifs is 3. The van der Waals surface area contributed by atoms with Crippen molar-refractivity contribution in [2.24, 2.45) is 0 Å². The van der Waals surface area contributed by atoms with Gasteiger partial charge in [0.15, 0.2) is 0 Å². The van der Waals surface area contributed by atoms with E-state index in [1.54, 1.807) is 0 Å². The summed E-state index contributed by atoms with van der Waals surface area (Å²) < 4.78 is 5.57. The second-order valence-corrected chi connectivity index (χ2v) is 7.72. The summed E-state index contributed by atoms with van der Waals surface area (Å²) in [5, 5.41) is 9.81. The second kappa shape index (κ2) is 8.38. The number of amides is 1. The highest BCUT2D eigenvalue weighted by atomic mass is 35.5. The molecule has 152 valence electrons. The number of carbonyl (C=O) groups is 2. The minimum atomic E-state index is -1.19. The monoisotopic (exact) mass is 441 g/mol. The van der Waals surface area contributed by atoms with Crippen LogP contribution in [0.3, 0.4) is 0 Å². The molecule has 3 aromatic rings. The number of carboxylic acids is 1. The summed E-state index contributed by atoms with van der Waals surface area (Å²) in [4.78, 5) is 25.2. The van der Waals surface area contributed by atoms with Crippen molar-refractivity contribution >= 4 is 41.0 Å². The van der Waals surface area contributed by atoms with Crippen LogP contribution in [0, 0.1) is 0 Å². The molecule has 0 spiro atoms. The summed E-state index contributed by atoms with van der Waals surface area (Å²) in [6.45, 7) is -0.508. The van der Waals surface area contributed by atoms with E-state index in [0.29, 0.717) is 5.02 Å². The third-order valence-electron chi connectivity index (χ3n) is 5.05. The van der Waals surface area contributed by atoms with E-state index >= 15 is 0 Å². The standard InChI is InChI=1S/C23H17Cl2NO4/c24-14-9-10-21(20(25)11-14)26(12-22(27)28)23(29)30-13-19-17-7-3-1-5-15(17)16-6-2-4-8-18(16)19/h1-11,19H,12-13H2,(H,27,28). The van der Waals surface area contributed by atoms with Crippen molar-refractivity contribution in [2.45, 2.75) is 5.92 Å². The number of benzene rings is 3. The van der Waals surface area contributed by atoms with Crippen LogP contribution in [0.15, 0.2) is 66.7 Å². The number of hydrogen-bond donors (Lipinski definition) is 1. The van der Waals surface area contributed by atoms with Gasteiger partial charge in [-0.25, -0.2) is 4.79 Å². The highest BCUT2D eigenvalue weighted by Gasteiger charge is 2.30. The molecule has 0 saturated carbocycles. The number of ether oxygens (including phenoxy) is 1. The zero-order valence-corrected chi connectivity index (χ0v) is 17.2. The highest BCUT2D eigenvalue weighted by molar-refractivity contribution is 6.36. The predicted molar refractivity (Wildman–Crippen MR) is 117 cm³/mol. The van der Waals surface area contributed by atoms with E-state index in [2.05, 4.69) is 0 Å². The van der Waals surface area contributed by atoms with Crippen LogP contribution in [0.4, 0.5) is 10.5 Å². The minimum absolute atomic E-state index is 0.0776. The number of rotatable bonds is 5. The van der Waals surface area contributed by atoms with Crippen molar-refractivity contribution in [3.63, 3.8) is 0 Å². The Morgan fingerprint density at radius 2 is 1.53 bits per heavy atom. The molecule has 30 heavy (non-hydrogen) atoms. The molecule has 0 aliphatic heterocycles. The first-order valence-electron chi connectivity index (χ1n) is 9.25. The Morgan fingerprint density at radius 1 is 0.933 bits per heavy atom. The molecular formula is C23H17Cl2NO4. The lowest BCUT2D eigenvalue weighted by Crippen LogP contribution is -2.37. The Hall–Kier alpha value is -3.02. The number of hydrogen-bond acceptors (Lipinski definition) is 3. The number of carbonyl (C=O) groups excluding carboxylic acids is 1. The Labute approximate surface area is 183 Å². The molecule has 1 amide bonds. The van der Waals surface area contributed by atoms with Gasteiger partial charge in [-0.3, -0.25) is 9.69 Å². The number of halogens is 2. The van der Waals surface area contributed by atoms with Gasteiger partial charge < -0.3 is 9.84 Å². The van der Waals surface area contributed by atoms with Crippen LogP contribution in [-0.2, 0) is 9.53 Å². The molecule has 0 heterocycles. The van der Waals surface area contributed by atoms with Crippen LogP contribution in [0.5, 0.6) is 0 Å². The van der Waals surface area contributed by atoms with E-state index in [1.165, 1.54) is 18.2 Å². The first kappa shape index (κ1) is 20.3. The molecule has 0 bridgehead atoms. The van der Waals surface area contributed by atoms with Gasteiger partial charge in [0.05, 0.1) is 10.7 Å². The highest BCUT2D eigenvalue weighted by Crippen LogP contribution is 2.44. The summed E-state index contributed by atoms with van der Waals surface area (Å²) in [5.41, 5.74) is 4.58. The van der Waals surface area contributed by atoms with E-state index in [1.807, 2.05) is 48.5 Å². The molecule has 4 rings (SSSR count). The zero-order chi connectivity index (χ0) is 21.3. The molecule has 1 N–H and O–H groups in total. The van der Waals surface area contributed by atoms with Crippen LogP contribution in [0.25, 0.3) is 11.1 Å². The molecule has 0 aromatic heterocycles. The number of nitrogens with zero attached hydrogens (tertiary/aromatic N) is 1. The number of aliphatic carboxylic acids is 1. The predicted octanol–water partition coefficient (Wildman–Crippen LogP) is 5.83. The fourth-order valence-electron chi connectivity index (χ4n) is 3.76. The average Bonchev–Trinajstić information content (AvgIpc) is 3.04. The van der Waals surface area contributed by atoms with Crippen LogP contribution in [0.2, 0.25) is 10.0 Å². The van der Waals surface area contributed by atoms with Crippen molar-refractivity contribution in [1.82, 2.24) is 0 Å². The Bertz CT molecular complexity index is 1090. The normalized spacial score (nSPS) is 12.2. The molecule has 1 aliphatic carbocycles. The van der Waals surface area contributed by atoms with Gasteiger partial charge in [-0.2, -0.15) is 0 Å². The summed E-state index contributed by atoms with van der Waals surface area (Å²) in [5.74, 6) is -1.32. The van der Waals surface area contributed by atoms with Gasteiger partial charge in [0.1, 0.15) is 13.2 Å². The molecule has 7 heteroatoms. The minimum Gasteiger partial charge on any atom is -0.480 e. The van der Waals surface area contributed by atoms with Crippen molar-refractivity contribution in [3.8, 4) is 11.1 Å². The molecule has 0 fully saturated rings. The number of carboxylic acid groups (broad SMARTS) is 1.